The molecule has 0 unspecified atom stereocenters. The second kappa shape index (κ2) is 6.28. The number of hydrogen-bond donors (Lipinski definition) is 0. The Bertz CT molecular complexity index is 893. The van der Waals surface area contributed by atoms with E-state index < -0.39 is 5.60 Å². The molecule has 1 spiro atoms. The number of fused-ring (bicyclic) bond motifs is 1. The van der Waals surface area contributed by atoms with Crippen molar-refractivity contribution >= 4 is 34.4 Å². The van der Waals surface area contributed by atoms with Crippen LogP contribution >= 0.6 is 11.6 Å². The van der Waals surface area contributed by atoms with Crippen molar-refractivity contribution in [2.45, 2.75) is 25.4 Å². The highest BCUT2D eigenvalue weighted by atomic mass is 35.5. The molecule has 1 aromatic carbocycles. The molecule has 2 aliphatic rings. The summed E-state index contributed by atoms with van der Waals surface area (Å²) in [5.74, 6) is 0.0156. The van der Waals surface area contributed by atoms with Gasteiger partial charge in [0.15, 0.2) is 0 Å². The molecule has 0 N–H and O–H groups in total. The van der Waals surface area contributed by atoms with Crippen molar-refractivity contribution in [3.8, 4) is 0 Å². The molecule has 2 saturated heterocycles. The Balaban J connectivity index is 1.48. The maximum atomic E-state index is 12.8. The molecule has 4 rings (SSSR count). The van der Waals surface area contributed by atoms with Gasteiger partial charge in [0.2, 0.25) is 11.8 Å². The molecule has 0 aliphatic carbocycles. The van der Waals surface area contributed by atoms with Gasteiger partial charge in [0.1, 0.15) is 17.8 Å². The van der Waals surface area contributed by atoms with E-state index in [1.165, 1.54) is 0 Å². The van der Waals surface area contributed by atoms with E-state index in [2.05, 4.69) is 0 Å². The van der Waals surface area contributed by atoms with Gasteiger partial charge in [-0.25, -0.2) is 0 Å². The zero-order valence-corrected chi connectivity index (χ0v) is 15.6. The van der Waals surface area contributed by atoms with Crippen LogP contribution < -0.4 is 0 Å². The van der Waals surface area contributed by atoms with Gasteiger partial charge >= 0.3 is 0 Å². The van der Waals surface area contributed by atoms with Crippen LogP contribution in [0.25, 0.3) is 11.0 Å². The molecule has 3 heterocycles. The summed E-state index contributed by atoms with van der Waals surface area (Å²) in [5, 5.41) is 1.54. The molecule has 0 saturated carbocycles. The molecular formula is C19H21ClN2O4. The minimum absolute atomic E-state index is 0.0163. The second-order valence-electron chi connectivity index (χ2n) is 7.32. The number of carbonyl (C=O) groups is 2. The zero-order chi connectivity index (χ0) is 18.5. The van der Waals surface area contributed by atoms with Gasteiger partial charge in [-0.15, -0.1) is 0 Å². The predicted octanol–water partition coefficient (Wildman–Crippen LogP) is 2.40. The summed E-state index contributed by atoms with van der Waals surface area (Å²) >= 11 is 6.22. The van der Waals surface area contributed by atoms with Crippen molar-refractivity contribution in [2.24, 2.45) is 0 Å². The molecule has 2 amide bonds. The number of aryl methyl sites for hydroxylation is 1. The van der Waals surface area contributed by atoms with Crippen LogP contribution in [0.3, 0.4) is 0 Å². The third kappa shape index (κ3) is 2.97. The molecule has 7 heteroatoms. The number of likely N-dealkylation sites (tertiary alicyclic amines) is 1. The lowest BCUT2D eigenvalue weighted by molar-refractivity contribution is -0.159. The van der Waals surface area contributed by atoms with Gasteiger partial charge in [0.25, 0.3) is 0 Å². The minimum Gasteiger partial charge on any atom is -0.464 e. The normalized spacial score (nSPS) is 23.4. The number of morpholine rings is 1. The quantitative estimate of drug-likeness (QED) is 0.807. The summed E-state index contributed by atoms with van der Waals surface area (Å²) in [6, 6.07) is 3.74. The molecular weight excluding hydrogens is 356 g/mol. The van der Waals surface area contributed by atoms with Gasteiger partial charge in [0.05, 0.1) is 25.8 Å². The predicted molar refractivity (Wildman–Crippen MR) is 97.2 cm³/mol. The first-order chi connectivity index (χ1) is 12.4. The summed E-state index contributed by atoms with van der Waals surface area (Å²) in [6.07, 6.45) is 2.64. The minimum atomic E-state index is -0.433. The number of likely N-dealkylation sites (N-methyl/N-ethyl adjacent to an activating group) is 1. The second-order valence-corrected chi connectivity index (χ2v) is 7.73. The molecule has 138 valence electrons. The number of amides is 2. The maximum absolute atomic E-state index is 12.8. The summed E-state index contributed by atoms with van der Waals surface area (Å²) in [7, 11) is 1.78. The van der Waals surface area contributed by atoms with Crippen LogP contribution in [-0.4, -0.2) is 60.5 Å². The van der Waals surface area contributed by atoms with E-state index >= 15 is 0 Å². The van der Waals surface area contributed by atoms with Gasteiger partial charge in [-0.2, -0.15) is 0 Å². The molecule has 0 bridgehead atoms. The number of nitrogens with zero attached hydrogens (tertiary/aromatic N) is 2. The molecule has 2 aromatic rings. The lowest BCUT2D eigenvalue weighted by atomic mass is 10.0. The van der Waals surface area contributed by atoms with Crippen LogP contribution in [0.4, 0.5) is 0 Å². The molecule has 6 nitrogen and oxygen atoms in total. The average Bonchev–Trinajstić information content (AvgIpc) is 3.18. The Hall–Kier alpha value is -2.05. The van der Waals surface area contributed by atoms with Gasteiger partial charge in [0, 0.05) is 29.6 Å². The smallest absolute Gasteiger partial charge is 0.248 e. The third-order valence-electron chi connectivity index (χ3n) is 5.40. The summed E-state index contributed by atoms with van der Waals surface area (Å²) < 4.78 is 11.4. The van der Waals surface area contributed by atoms with Crippen LogP contribution in [0.15, 0.2) is 22.8 Å². The van der Waals surface area contributed by atoms with Gasteiger partial charge in [-0.05, 0) is 31.0 Å². The molecule has 2 aliphatic heterocycles. The highest BCUT2D eigenvalue weighted by molar-refractivity contribution is 6.32. The Labute approximate surface area is 156 Å². The fraction of sp³-hybridized carbons (Fsp3) is 0.474. The number of ether oxygens (including phenoxy) is 1. The maximum Gasteiger partial charge on any atom is 0.248 e. The Kier molecular flexibility index (Phi) is 4.20. The molecule has 26 heavy (non-hydrogen) atoms. The Morgan fingerprint density at radius 2 is 2.15 bits per heavy atom. The number of furan rings is 1. The van der Waals surface area contributed by atoms with E-state index in [4.69, 9.17) is 20.8 Å². The van der Waals surface area contributed by atoms with Crippen molar-refractivity contribution < 1.29 is 18.7 Å². The summed E-state index contributed by atoms with van der Waals surface area (Å²) in [5.41, 5.74) is 2.09. The molecule has 2 fully saturated rings. The Morgan fingerprint density at radius 3 is 2.92 bits per heavy atom. The summed E-state index contributed by atoms with van der Waals surface area (Å²) in [6.45, 7) is 3.68. The summed E-state index contributed by atoms with van der Waals surface area (Å²) in [4.78, 5) is 27.9. The van der Waals surface area contributed by atoms with Crippen LogP contribution in [0.2, 0.25) is 5.02 Å². The highest BCUT2D eigenvalue weighted by Gasteiger charge is 2.45. The highest BCUT2D eigenvalue weighted by Crippen LogP contribution is 2.31. The number of rotatable bonds is 2. The first kappa shape index (κ1) is 17.4. The lowest BCUT2D eigenvalue weighted by Gasteiger charge is -2.38. The fourth-order valence-electron chi connectivity index (χ4n) is 3.81. The van der Waals surface area contributed by atoms with Gasteiger partial charge < -0.3 is 19.0 Å². The van der Waals surface area contributed by atoms with Crippen LogP contribution in [0.5, 0.6) is 0 Å². The van der Waals surface area contributed by atoms with Crippen LogP contribution in [0.1, 0.15) is 17.5 Å². The largest absolute Gasteiger partial charge is 0.464 e. The van der Waals surface area contributed by atoms with Crippen molar-refractivity contribution in [1.29, 1.82) is 0 Å². The van der Waals surface area contributed by atoms with E-state index in [0.717, 1.165) is 28.5 Å². The third-order valence-corrected chi connectivity index (χ3v) is 5.81. The first-order valence-corrected chi connectivity index (χ1v) is 9.07. The van der Waals surface area contributed by atoms with Crippen molar-refractivity contribution in [2.75, 3.05) is 33.3 Å². The number of hydrogen-bond acceptors (Lipinski definition) is 4. The topological polar surface area (TPSA) is 63.0 Å². The van der Waals surface area contributed by atoms with E-state index in [1.54, 1.807) is 18.2 Å². The zero-order valence-electron chi connectivity index (χ0n) is 14.9. The number of benzene rings is 1. The van der Waals surface area contributed by atoms with Gasteiger partial charge in [-0.1, -0.05) is 11.6 Å². The molecule has 1 aromatic heterocycles. The monoisotopic (exact) mass is 376 g/mol. The lowest BCUT2D eigenvalue weighted by Crippen LogP contribution is -2.54. The van der Waals surface area contributed by atoms with Crippen molar-refractivity contribution in [1.82, 2.24) is 9.80 Å². The molecule has 0 radical (unpaired) electrons. The van der Waals surface area contributed by atoms with E-state index in [1.807, 2.05) is 24.0 Å². The fourth-order valence-corrected chi connectivity index (χ4v) is 3.97. The number of carbonyl (C=O) groups excluding carboxylic acids is 2. The van der Waals surface area contributed by atoms with E-state index in [-0.39, 0.29) is 24.8 Å². The van der Waals surface area contributed by atoms with Gasteiger partial charge in [-0.3, -0.25) is 9.59 Å². The van der Waals surface area contributed by atoms with Crippen molar-refractivity contribution in [3.63, 3.8) is 0 Å². The standard InChI is InChI=1S/C19H21ClN2O4/c1-12-5-16-14(7-15(12)20)13(8-25-16)6-17(23)22-4-3-19(11-22)10-21(2)18(24)9-26-19/h5,7-8H,3-4,6,9-11H2,1-2H3/t19-/m0/s1. The Morgan fingerprint density at radius 1 is 1.35 bits per heavy atom. The van der Waals surface area contributed by atoms with E-state index in [0.29, 0.717) is 24.7 Å². The first-order valence-electron chi connectivity index (χ1n) is 8.69. The number of halogens is 1. The molecule has 1 atom stereocenters. The average molecular weight is 377 g/mol. The van der Waals surface area contributed by atoms with E-state index in [9.17, 15) is 9.59 Å². The van der Waals surface area contributed by atoms with Crippen LogP contribution in [0, 0.1) is 6.92 Å². The SMILES string of the molecule is Cc1cc2occ(CC(=O)N3CC[C@]4(CN(C)C(=O)CO4)C3)c2cc1Cl. The van der Waals surface area contributed by atoms with Crippen molar-refractivity contribution in [3.05, 3.63) is 34.5 Å². The van der Waals surface area contributed by atoms with Crippen LogP contribution in [-0.2, 0) is 20.7 Å².